The molecule has 0 atom stereocenters. The van der Waals surface area contributed by atoms with Crippen molar-refractivity contribution in [3.05, 3.63) is 33.9 Å². The molecule has 1 aromatic carbocycles. The molecule has 0 aromatic heterocycles. The molecule has 0 aliphatic rings. The second kappa shape index (κ2) is 5.78. The van der Waals surface area contributed by atoms with Gasteiger partial charge in [0.15, 0.2) is 0 Å². The summed E-state index contributed by atoms with van der Waals surface area (Å²) in [4.78, 5) is 10.2. The predicted molar refractivity (Wildman–Crippen MR) is 68.9 cm³/mol. The van der Waals surface area contributed by atoms with E-state index in [1.165, 1.54) is 12.1 Å². The summed E-state index contributed by atoms with van der Waals surface area (Å²) in [6.07, 6.45) is 0.348. The number of nitro groups is 1. The van der Waals surface area contributed by atoms with Crippen LogP contribution in [0, 0.1) is 17.0 Å². The summed E-state index contributed by atoms with van der Waals surface area (Å²) in [6, 6.07) is 4.63. The lowest BCUT2D eigenvalue weighted by atomic mass is 10.2. The van der Waals surface area contributed by atoms with Crippen LogP contribution in [0.25, 0.3) is 0 Å². The predicted octanol–water partition coefficient (Wildman–Crippen LogP) is 0.994. The fraction of sp³-hybridized carbons (Fsp3) is 0.400. The van der Waals surface area contributed by atoms with Gasteiger partial charge in [-0.1, -0.05) is 0 Å². The fourth-order valence-electron chi connectivity index (χ4n) is 1.48. The minimum absolute atomic E-state index is 0.00365. The lowest BCUT2D eigenvalue weighted by Gasteiger charge is -2.06. The van der Waals surface area contributed by atoms with Gasteiger partial charge in [-0.05, 0) is 25.0 Å². The second-order valence-electron chi connectivity index (χ2n) is 3.96. The van der Waals surface area contributed by atoms with Gasteiger partial charge in [-0.15, -0.1) is 0 Å². The first-order valence-corrected chi connectivity index (χ1v) is 7.00. The molecule has 1 rings (SSSR count). The third-order valence-electron chi connectivity index (χ3n) is 2.21. The molecule has 0 heterocycles. The first-order chi connectivity index (χ1) is 8.28. The van der Waals surface area contributed by atoms with Crippen molar-refractivity contribution in [2.75, 3.05) is 17.6 Å². The van der Waals surface area contributed by atoms with E-state index in [-0.39, 0.29) is 11.4 Å². The molecular weight excluding hydrogens is 258 g/mol. The van der Waals surface area contributed by atoms with Crippen LogP contribution in [-0.4, -0.2) is 25.6 Å². The standard InChI is InChI=1S/C10H15N3O4S/c1-8-5-9(7-10(6-8)13(14)15)12-3-2-4-18(11,16)17/h5-7,12H,2-4H2,1H3,(H2,11,16,17). The zero-order chi connectivity index (χ0) is 13.8. The van der Waals surface area contributed by atoms with Crippen LogP contribution in [0.1, 0.15) is 12.0 Å². The molecular formula is C10H15N3O4S. The van der Waals surface area contributed by atoms with Crippen LogP contribution in [0.4, 0.5) is 11.4 Å². The molecule has 18 heavy (non-hydrogen) atoms. The molecule has 0 spiro atoms. The lowest BCUT2D eigenvalue weighted by Crippen LogP contribution is -2.18. The highest BCUT2D eigenvalue weighted by Gasteiger charge is 2.08. The molecule has 0 saturated carbocycles. The van der Waals surface area contributed by atoms with Crippen molar-refractivity contribution in [2.45, 2.75) is 13.3 Å². The summed E-state index contributed by atoms with van der Waals surface area (Å²) >= 11 is 0. The number of rotatable bonds is 6. The van der Waals surface area contributed by atoms with E-state index < -0.39 is 14.9 Å². The van der Waals surface area contributed by atoms with E-state index in [2.05, 4.69) is 5.32 Å². The highest BCUT2D eigenvalue weighted by Crippen LogP contribution is 2.20. The third kappa shape index (κ3) is 5.11. The number of benzene rings is 1. The van der Waals surface area contributed by atoms with Crippen LogP contribution in [0.3, 0.4) is 0 Å². The second-order valence-corrected chi connectivity index (χ2v) is 5.70. The zero-order valence-electron chi connectivity index (χ0n) is 9.92. The van der Waals surface area contributed by atoms with Crippen LogP contribution in [0.2, 0.25) is 0 Å². The smallest absolute Gasteiger partial charge is 0.271 e. The van der Waals surface area contributed by atoms with Crippen molar-refractivity contribution in [2.24, 2.45) is 5.14 Å². The van der Waals surface area contributed by atoms with Gasteiger partial charge < -0.3 is 5.32 Å². The van der Waals surface area contributed by atoms with Gasteiger partial charge in [-0.3, -0.25) is 10.1 Å². The molecule has 8 heteroatoms. The Balaban J connectivity index is 2.60. The number of aryl methyl sites for hydroxylation is 1. The van der Waals surface area contributed by atoms with Gasteiger partial charge in [0, 0.05) is 24.4 Å². The summed E-state index contributed by atoms with van der Waals surface area (Å²) in [5, 5.41) is 18.4. The Morgan fingerprint density at radius 1 is 1.39 bits per heavy atom. The van der Waals surface area contributed by atoms with Gasteiger partial charge in [0.05, 0.1) is 10.7 Å². The summed E-state index contributed by atoms with van der Waals surface area (Å²) in [5.41, 5.74) is 1.36. The minimum Gasteiger partial charge on any atom is -0.385 e. The van der Waals surface area contributed by atoms with Crippen LogP contribution >= 0.6 is 0 Å². The van der Waals surface area contributed by atoms with Gasteiger partial charge >= 0.3 is 0 Å². The first-order valence-electron chi connectivity index (χ1n) is 5.28. The van der Waals surface area contributed by atoms with Gasteiger partial charge in [0.1, 0.15) is 0 Å². The fourth-order valence-corrected chi connectivity index (χ4v) is 2.02. The molecule has 3 N–H and O–H groups in total. The van der Waals surface area contributed by atoms with Crippen molar-refractivity contribution < 1.29 is 13.3 Å². The molecule has 0 aliphatic heterocycles. The number of nitrogens with one attached hydrogen (secondary N) is 1. The highest BCUT2D eigenvalue weighted by molar-refractivity contribution is 7.89. The average molecular weight is 273 g/mol. The number of anilines is 1. The molecule has 0 saturated heterocycles. The Morgan fingerprint density at radius 2 is 2.06 bits per heavy atom. The van der Waals surface area contributed by atoms with E-state index in [0.29, 0.717) is 18.7 Å². The number of hydrogen-bond donors (Lipinski definition) is 2. The SMILES string of the molecule is Cc1cc(NCCCS(N)(=O)=O)cc([N+](=O)[O-])c1. The quantitative estimate of drug-likeness (QED) is 0.455. The van der Waals surface area contributed by atoms with Crippen molar-refractivity contribution in [3.8, 4) is 0 Å². The molecule has 0 fully saturated rings. The van der Waals surface area contributed by atoms with E-state index in [1.54, 1.807) is 13.0 Å². The van der Waals surface area contributed by atoms with Crippen molar-refractivity contribution in [1.82, 2.24) is 0 Å². The molecule has 0 unspecified atom stereocenters. The highest BCUT2D eigenvalue weighted by atomic mass is 32.2. The third-order valence-corrected chi connectivity index (χ3v) is 3.07. The monoisotopic (exact) mass is 273 g/mol. The zero-order valence-corrected chi connectivity index (χ0v) is 10.7. The maximum atomic E-state index is 10.7. The first kappa shape index (κ1) is 14.4. The van der Waals surface area contributed by atoms with Crippen LogP contribution in [0.5, 0.6) is 0 Å². The Hall–Kier alpha value is -1.67. The van der Waals surface area contributed by atoms with Gasteiger partial charge in [0.2, 0.25) is 10.0 Å². The van der Waals surface area contributed by atoms with Gasteiger partial charge in [0.25, 0.3) is 5.69 Å². The van der Waals surface area contributed by atoms with Crippen LogP contribution in [-0.2, 0) is 10.0 Å². The number of sulfonamides is 1. The number of nitrogens with two attached hydrogens (primary N) is 1. The van der Waals surface area contributed by atoms with E-state index in [4.69, 9.17) is 5.14 Å². The molecule has 0 radical (unpaired) electrons. The lowest BCUT2D eigenvalue weighted by molar-refractivity contribution is -0.384. The van der Waals surface area contributed by atoms with E-state index >= 15 is 0 Å². The Labute approximate surface area is 105 Å². The summed E-state index contributed by atoms with van der Waals surface area (Å²) in [7, 11) is -3.46. The van der Waals surface area contributed by atoms with Gasteiger partial charge in [-0.25, -0.2) is 13.6 Å². The number of nitrogens with zero attached hydrogens (tertiary/aromatic N) is 1. The van der Waals surface area contributed by atoms with E-state index in [0.717, 1.165) is 5.56 Å². The largest absolute Gasteiger partial charge is 0.385 e. The molecule has 0 bridgehead atoms. The Bertz CT molecular complexity index is 542. The minimum atomic E-state index is -3.46. The van der Waals surface area contributed by atoms with Crippen LogP contribution in [0.15, 0.2) is 18.2 Å². The molecule has 0 aliphatic carbocycles. The molecule has 1 aromatic rings. The number of hydrogen-bond acceptors (Lipinski definition) is 5. The maximum Gasteiger partial charge on any atom is 0.271 e. The van der Waals surface area contributed by atoms with Crippen molar-refractivity contribution in [1.29, 1.82) is 0 Å². The van der Waals surface area contributed by atoms with E-state index in [9.17, 15) is 18.5 Å². The van der Waals surface area contributed by atoms with Crippen molar-refractivity contribution >= 4 is 21.4 Å². The summed E-state index contributed by atoms with van der Waals surface area (Å²) < 4.78 is 21.4. The number of nitro benzene ring substituents is 1. The maximum absolute atomic E-state index is 10.7. The number of non-ortho nitro benzene ring substituents is 1. The van der Waals surface area contributed by atoms with E-state index in [1.807, 2.05) is 0 Å². The Morgan fingerprint density at radius 3 is 2.61 bits per heavy atom. The van der Waals surface area contributed by atoms with Gasteiger partial charge in [-0.2, -0.15) is 0 Å². The topological polar surface area (TPSA) is 115 Å². The molecule has 7 nitrogen and oxygen atoms in total. The van der Waals surface area contributed by atoms with Crippen LogP contribution < -0.4 is 10.5 Å². The number of primary sulfonamides is 1. The Kier molecular flexibility index (Phi) is 4.62. The molecule has 100 valence electrons. The normalized spacial score (nSPS) is 11.2. The van der Waals surface area contributed by atoms with Crippen molar-refractivity contribution in [3.63, 3.8) is 0 Å². The summed E-state index contributed by atoms with van der Waals surface area (Å²) in [6.45, 7) is 2.14. The molecule has 0 amide bonds. The summed E-state index contributed by atoms with van der Waals surface area (Å²) in [5.74, 6) is -0.117. The average Bonchev–Trinajstić information content (AvgIpc) is 2.22.